The van der Waals surface area contributed by atoms with E-state index >= 15 is 0 Å². The molecule has 1 unspecified atom stereocenters. The van der Waals surface area contributed by atoms with Crippen molar-refractivity contribution in [3.05, 3.63) is 12.2 Å². The zero-order valence-electron chi connectivity index (χ0n) is 9.03. The molecule has 0 radical (unpaired) electrons. The van der Waals surface area contributed by atoms with E-state index in [2.05, 4.69) is 22.7 Å². The molecule has 1 amide bonds. The van der Waals surface area contributed by atoms with Crippen LogP contribution in [-0.2, 0) is 14.3 Å². The summed E-state index contributed by atoms with van der Waals surface area (Å²) < 4.78 is 4.51. The fraction of sp³-hybridized carbons (Fsp3) is 0.600. The van der Waals surface area contributed by atoms with Crippen LogP contribution >= 0.6 is 12.6 Å². The van der Waals surface area contributed by atoms with Gasteiger partial charge in [0.05, 0.1) is 7.11 Å². The summed E-state index contributed by atoms with van der Waals surface area (Å²) in [6, 6.07) is -0.666. The molecular weight excluding hydrogens is 214 g/mol. The van der Waals surface area contributed by atoms with Crippen molar-refractivity contribution in [3.63, 3.8) is 0 Å². The number of ether oxygens (including phenoxy) is 1. The number of thiol groups is 1. The highest BCUT2D eigenvalue weighted by Gasteiger charge is 2.18. The number of hydrogen-bond acceptors (Lipinski definition) is 4. The first-order chi connectivity index (χ1) is 7.15. The lowest BCUT2D eigenvalue weighted by Gasteiger charge is -2.13. The molecule has 0 fully saturated rings. The van der Waals surface area contributed by atoms with Crippen molar-refractivity contribution < 1.29 is 14.3 Å². The fourth-order valence-electron chi connectivity index (χ4n) is 0.932. The topological polar surface area (TPSA) is 55.4 Å². The molecule has 0 aliphatic heterocycles. The summed E-state index contributed by atoms with van der Waals surface area (Å²) in [5.74, 6) is -0.447. The van der Waals surface area contributed by atoms with E-state index in [1.165, 1.54) is 7.11 Å². The molecular formula is C10H17NO3S. The van der Waals surface area contributed by atoms with E-state index in [0.717, 1.165) is 6.42 Å². The second-order valence-corrected chi connectivity index (χ2v) is 3.27. The summed E-state index contributed by atoms with van der Waals surface area (Å²) in [5, 5.41) is 2.54. The fourth-order valence-corrected chi connectivity index (χ4v) is 1.17. The number of rotatable bonds is 6. The second kappa shape index (κ2) is 8.35. The first kappa shape index (κ1) is 14.0. The molecule has 0 saturated heterocycles. The first-order valence-corrected chi connectivity index (χ1v) is 5.42. The molecule has 1 N–H and O–H groups in total. The van der Waals surface area contributed by atoms with Gasteiger partial charge in [-0.15, -0.1) is 0 Å². The Morgan fingerprint density at radius 3 is 2.60 bits per heavy atom. The summed E-state index contributed by atoms with van der Waals surface area (Å²) >= 11 is 3.96. The van der Waals surface area contributed by atoms with Gasteiger partial charge in [-0.1, -0.05) is 19.1 Å². The molecule has 0 saturated carbocycles. The Balaban J connectivity index is 4.01. The number of esters is 1. The summed E-state index contributed by atoms with van der Waals surface area (Å²) in [7, 11) is 1.28. The Labute approximate surface area is 95.5 Å². The molecule has 0 aliphatic rings. The van der Waals surface area contributed by atoms with Crippen LogP contribution in [0.2, 0.25) is 0 Å². The Morgan fingerprint density at radius 1 is 1.47 bits per heavy atom. The summed E-state index contributed by atoms with van der Waals surface area (Å²) in [6.07, 6.45) is 4.82. The Kier molecular flexibility index (Phi) is 7.81. The van der Waals surface area contributed by atoms with Crippen LogP contribution in [0.4, 0.5) is 0 Å². The molecule has 0 aromatic carbocycles. The SMILES string of the molecule is CC/C=C\CC(=O)NC(CS)C(=O)OC. The van der Waals surface area contributed by atoms with Crippen molar-refractivity contribution in [1.29, 1.82) is 0 Å². The lowest BCUT2D eigenvalue weighted by atomic mass is 10.3. The Hall–Kier alpha value is -0.970. The number of methoxy groups -OCH3 is 1. The van der Waals surface area contributed by atoms with Crippen LogP contribution in [-0.4, -0.2) is 30.8 Å². The highest BCUT2D eigenvalue weighted by Crippen LogP contribution is 1.94. The van der Waals surface area contributed by atoms with Crippen molar-refractivity contribution in [1.82, 2.24) is 5.32 Å². The normalized spacial score (nSPS) is 12.5. The lowest BCUT2D eigenvalue weighted by molar-refractivity contribution is -0.144. The van der Waals surface area contributed by atoms with Gasteiger partial charge in [0.1, 0.15) is 6.04 Å². The van der Waals surface area contributed by atoms with Crippen LogP contribution in [0.3, 0.4) is 0 Å². The predicted molar refractivity (Wildman–Crippen MR) is 61.8 cm³/mol. The molecule has 15 heavy (non-hydrogen) atoms. The van der Waals surface area contributed by atoms with E-state index in [9.17, 15) is 9.59 Å². The molecule has 0 aliphatic carbocycles. The molecule has 0 heterocycles. The standard InChI is InChI=1S/C10H17NO3S/c1-3-4-5-6-9(12)11-8(7-15)10(13)14-2/h4-5,8,15H,3,6-7H2,1-2H3,(H,11,12)/b5-4-. The molecule has 0 rings (SSSR count). The largest absolute Gasteiger partial charge is 0.467 e. The maximum absolute atomic E-state index is 11.3. The van der Waals surface area contributed by atoms with Crippen molar-refractivity contribution in [2.45, 2.75) is 25.8 Å². The highest BCUT2D eigenvalue weighted by atomic mass is 32.1. The van der Waals surface area contributed by atoms with Gasteiger partial charge in [-0.25, -0.2) is 4.79 Å². The van der Waals surface area contributed by atoms with Gasteiger partial charge < -0.3 is 10.1 Å². The van der Waals surface area contributed by atoms with E-state index in [4.69, 9.17) is 0 Å². The molecule has 0 aromatic heterocycles. The van der Waals surface area contributed by atoms with E-state index in [0.29, 0.717) is 0 Å². The number of carbonyl (C=O) groups is 2. The van der Waals surface area contributed by atoms with Crippen molar-refractivity contribution in [3.8, 4) is 0 Å². The zero-order chi connectivity index (χ0) is 11.7. The van der Waals surface area contributed by atoms with Gasteiger partial charge in [0.2, 0.25) is 5.91 Å². The third kappa shape index (κ3) is 6.17. The number of carbonyl (C=O) groups excluding carboxylic acids is 2. The van der Waals surface area contributed by atoms with Crippen LogP contribution in [0.15, 0.2) is 12.2 Å². The number of hydrogen-bond donors (Lipinski definition) is 2. The Morgan fingerprint density at radius 2 is 2.13 bits per heavy atom. The number of allylic oxidation sites excluding steroid dienone is 1. The van der Waals surface area contributed by atoms with Crippen LogP contribution in [0.25, 0.3) is 0 Å². The average Bonchev–Trinajstić information content (AvgIpc) is 2.25. The number of nitrogens with one attached hydrogen (secondary N) is 1. The van der Waals surface area contributed by atoms with Crippen LogP contribution < -0.4 is 5.32 Å². The monoisotopic (exact) mass is 231 g/mol. The summed E-state index contributed by atoms with van der Waals surface area (Å²) in [4.78, 5) is 22.4. The van der Waals surface area contributed by atoms with Gasteiger partial charge >= 0.3 is 5.97 Å². The van der Waals surface area contributed by atoms with Crippen molar-refractivity contribution in [2.75, 3.05) is 12.9 Å². The molecule has 0 spiro atoms. The summed E-state index contributed by atoms with van der Waals surface area (Å²) in [6.45, 7) is 1.99. The second-order valence-electron chi connectivity index (χ2n) is 2.91. The van der Waals surface area contributed by atoms with Gasteiger partial charge in [-0.3, -0.25) is 4.79 Å². The molecule has 0 aromatic rings. The molecule has 86 valence electrons. The smallest absolute Gasteiger partial charge is 0.329 e. The Bertz CT molecular complexity index is 241. The third-order valence-electron chi connectivity index (χ3n) is 1.71. The molecule has 0 bridgehead atoms. The van der Waals surface area contributed by atoms with Gasteiger partial charge in [-0.2, -0.15) is 12.6 Å². The van der Waals surface area contributed by atoms with Crippen molar-refractivity contribution in [2.24, 2.45) is 0 Å². The minimum atomic E-state index is -0.666. The minimum absolute atomic E-state index is 0.204. The van der Waals surface area contributed by atoms with Crippen LogP contribution in [0, 0.1) is 0 Å². The first-order valence-electron chi connectivity index (χ1n) is 4.78. The average molecular weight is 231 g/mol. The van der Waals surface area contributed by atoms with E-state index in [1.54, 1.807) is 6.08 Å². The maximum atomic E-state index is 11.3. The lowest BCUT2D eigenvalue weighted by Crippen LogP contribution is -2.42. The van der Waals surface area contributed by atoms with E-state index in [-0.39, 0.29) is 18.1 Å². The van der Waals surface area contributed by atoms with Gasteiger partial charge in [0.15, 0.2) is 0 Å². The molecule has 5 heteroatoms. The molecule has 1 atom stereocenters. The van der Waals surface area contributed by atoms with Gasteiger partial charge in [-0.05, 0) is 6.42 Å². The van der Waals surface area contributed by atoms with Crippen LogP contribution in [0.1, 0.15) is 19.8 Å². The quantitative estimate of drug-likeness (QED) is 0.406. The number of amides is 1. The van der Waals surface area contributed by atoms with Gasteiger partial charge in [0, 0.05) is 12.2 Å². The van der Waals surface area contributed by atoms with Crippen LogP contribution in [0.5, 0.6) is 0 Å². The van der Waals surface area contributed by atoms with Gasteiger partial charge in [0.25, 0.3) is 0 Å². The predicted octanol–water partition coefficient (Wildman–Crippen LogP) is 0.930. The summed E-state index contributed by atoms with van der Waals surface area (Å²) in [5.41, 5.74) is 0. The maximum Gasteiger partial charge on any atom is 0.329 e. The highest BCUT2D eigenvalue weighted by molar-refractivity contribution is 7.80. The minimum Gasteiger partial charge on any atom is -0.467 e. The zero-order valence-corrected chi connectivity index (χ0v) is 9.92. The van der Waals surface area contributed by atoms with E-state index < -0.39 is 12.0 Å². The van der Waals surface area contributed by atoms with Crippen molar-refractivity contribution >= 4 is 24.5 Å². The third-order valence-corrected chi connectivity index (χ3v) is 2.07. The molecule has 4 nitrogen and oxygen atoms in total. The van der Waals surface area contributed by atoms with E-state index in [1.807, 2.05) is 13.0 Å².